The number of fused-ring (bicyclic) bond motifs is 1. The Morgan fingerprint density at radius 3 is 2.50 bits per heavy atom. The van der Waals surface area contributed by atoms with Crippen LogP contribution in [0.15, 0.2) is 77.2 Å². The summed E-state index contributed by atoms with van der Waals surface area (Å²) in [5.74, 6) is -3.65. The fourth-order valence-electron chi connectivity index (χ4n) is 5.22. The van der Waals surface area contributed by atoms with Gasteiger partial charge in [-0.2, -0.15) is 4.98 Å². The Morgan fingerprint density at radius 1 is 1.16 bits per heavy atom. The minimum absolute atomic E-state index is 0. The summed E-state index contributed by atoms with van der Waals surface area (Å²) < 4.78 is 1.42. The first-order valence-corrected chi connectivity index (χ1v) is 16.4. The molecule has 1 fully saturated rings. The van der Waals surface area contributed by atoms with Gasteiger partial charge in [0.05, 0.1) is 17.9 Å². The Hall–Kier alpha value is -4.89. The summed E-state index contributed by atoms with van der Waals surface area (Å²) in [6.07, 6.45) is 1.10. The van der Waals surface area contributed by atoms with E-state index < -0.39 is 47.2 Å². The minimum atomic E-state index is -1.60. The number of para-hydroxylation sites is 1. The number of thioether (sulfide) groups is 2. The number of aryl methyl sites for hydroxylation is 1. The van der Waals surface area contributed by atoms with Crippen molar-refractivity contribution in [2.24, 2.45) is 12.8 Å². The maximum absolute atomic E-state index is 14.0. The molecule has 4 heterocycles. The Bertz CT molecular complexity index is 1970. The molecule has 4 aromatic rings. The summed E-state index contributed by atoms with van der Waals surface area (Å²) >= 11 is 2.41. The van der Waals surface area contributed by atoms with E-state index in [1.54, 1.807) is 31.3 Å². The van der Waals surface area contributed by atoms with Gasteiger partial charge < -0.3 is 36.5 Å². The second kappa shape index (κ2) is 15.3. The Kier molecular flexibility index (Phi) is 11.2. The Balaban J connectivity index is 0.00000486. The number of aliphatic carboxylic acids is 1. The van der Waals surface area contributed by atoms with E-state index in [4.69, 9.17) is 5.73 Å². The van der Waals surface area contributed by atoms with Crippen molar-refractivity contribution in [3.63, 3.8) is 0 Å². The van der Waals surface area contributed by atoms with Gasteiger partial charge in [0, 0.05) is 24.2 Å². The van der Waals surface area contributed by atoms with E-state index in [1.165, 1.54) is 52.5 Å². The predicted molar refractivity (Wildman–Crippen MR) is 173 cm³/mol. The van der Waals surface area contributed by atoms with E-state index in [-0.39, 0.29) is 69.7 Å². The number of aromatic hydroxyl groups is 2. The summed E-state index contributed by atoms with van der Waals surface area (Å²) in [7, 11) is 1.63. The number of amides is 4. The third-order valence-electron chi connectivity index (χ3n) is 7.49. The molecule has 2 unspecified atom stereocenters. The van der Waals surface area contributed by atoms with Crippen LogP contribution in [0.3, 0.4) is 0 Å². The van der Waals surface area contributed by atoms with Crippen LogP contribution in [0.4, 0.5) is 22.1 Å². The number of rotatable bonds is 11. The van der Waals surface area contributed by atoms with Gasteiger partial charge in [-0.15, -0.1) is 16.9 Å². The average molecular weight is 728 g/mol. The number of nitrogens with one attached hydrogen (secondary N) is 2. The molecule has 0 aliphatic carbocycles. The average Bonchev–Trinajstić information content (AvgIpc) is 3.50. The van der Waals surface area contributed by atoms with Gasteiger partial charge in [-0.25, -0.2) is 14.5 Å². The zero-order valence-corrected chi connectivity index (χ0v) is 30.0. The normalized spacial score (nSPS) is 17.1. The molecule has 3 atom stereocenters. The molecule has 0 spiro atoms. The van der Waals surface area contributed by atoms with Crippen LogP contribution < -0.4 is 55.9 Å². The zero-order chi connectivity index (χ0) is 34.8. The monoisotopic (exact) mass is 727 g/mol. The predicted octanol–water partition coefficient (Wildman–Crippen LogP) is -3.02. The van der Waals surface area contributed by atoms with Gasteiger partial charge in [0.15, 0.2) is 0 Å². The van der Waals surface area contributed by atoms with Crippen LogP contribution in [-0.4, -0.2) is 92.0 Å². The van der Waals surface area contributed by atoms with Crippen molar-refractivity contribution < 1.29 is 64.1 Å². The molecule has 2 aliphatic heterocycles. The summed E-state index contributed by atoms with van der Waals surface area (Å²) in [4.78, 5) is 62.6. The molecule has 50 heavy (non-hydrogen) atoms. The first kappa shape index (κ1) is 36.4. The number of carbonyl (C=O) groups is 4. The maximum Gasteiger partial charge on any atom is 1.00 e. The number of primary amides is 1. The third kappa shape index (κ3) is 7.33. The van der Waals surface area contributed by atoms with Crippen LogP contribution in [-0.2, 0) is 21.4 Å². The van der Waals surface area contributed by atoms with Crippen molar-refractivity contribution in [3.05, 3.63) is 77.6 Å². The van der Waals surface area contributed by atoms with Crippen molar-refractivity contribution in [3.8, 4) is 11.6 Å². The fourth-order valence-corrected chi connectivity index (χ4v) is 7.55. The van der Waals surface area contributed by atoms with Crippen LogP contribution in [0.2, 0.25) is 0 Å². The number of carboxylic acid groups (broad SMARTS) is 1. The van der Waals surface area contributed by atoms with Gasteiger partial charge in [-0.1, -0.05) is 42.1 Å². The van der Waals surface area contributed by atoms with Crippen molar-refractivity contribution in [1.29, 1.82) is 0 Å². The quantitative estimate of drug-likeness (QED) is 0.0585. The molecule has 21 heteroatoms. The molecule has 252 valence electrons. The number of nitrogens with zero attached hydrogens (tertiary/aromatic N) is 8. The second-order valence-electron chi connectivity index (χ2n) is 10.6. The third-order valence-corrected chi connectivity index (χ3v) is 9.92. The maximum atomic E-state index is 14.0. The van der Waals surface area contributed by atoms with E-state index >= 15 is 0 Å². The number of β-lactam (4-membered cyclic amide) rings is 1. The van der Waals surface area contributed by atoms with Gasteiger partial charge in [-0.3, -0.25) is 19.4 Å². The molecule has 2 aromatic carbocycles. The first-order chi connectivity index (χ1) is 23.5. The largest absolute Gasteiger partial charge is 1.00 e. The number of benzene rings is 2. The number of carboxylic acids is 1. The molecular weight excluding hydrogens is 702 g/mol. The van der Waals surface area contributed by atoms with Gasteiger partial charge in [0.1, 0.15) is 28.9 Å². The second-order valence-corrected chi connectivity index (χ2v) is 12.7. The van der Waals surface area contributed by atoms with Gasteiger partial charge in [0.25, 0.3) is 5.91 Å². The summed E-state index contributed by atoms with van der Waals surface area (Å²) in [6, 6.07) is 10.1. The molecule has 18 nitrogen and oxygen atoms in total. The SMILES string of the molecule is Cn1nnnc1SCC1=C(C(=O)[O-])N2C(=O)C(NC(=O)C(c3ccc(O)cc3)N(C(N)=O)c3cnc(Nc4ccccc4)nc3O)[C@H]2SC1.[Na+]. The topological polar surface area (TPSA) is 258 Å². The summed E-state index contributed by atoms with van der Waals surface area (Å²) in [5, 5.41) is 49.3. The first-order valence-electron chi connectivity index (χ1n) is 14.3. The van der Waals surface area contributed by atoms with Gasteiger partial charge >= 0.3 is 35.6 Å². The number of phenols is 1. The van der Waals surface area contributed by atoms with E-state index in [9.17, 15) is 34.5 Å². The van der Waals surface area contributed by atoms with Crippen LogP contribution >= 0.6 is 23.5 Å². The van der Waals surface area contributed by atoms with Crippen molar-refractivity contribution in [2.75, 3.05) is 21.7 Å². The molecule has 2 aliphatic rings. The van der Waals surface area contributed by atoms with Crippen LogP contribution in [0.25, 0.3) is 0 Å². The molecule has 1 saturated heterocycles. The molecule has 6 N–H and O–H groups in total. The van der Waals surface area contributed by atoms with Gasteiger partial charge in [-0.05, 0) is 45.8 Å². The standard InChI is InChI=1S/C29H27N11O7S2.Na/c1-38-29(35-36-37-38)49-13-15-12-48-25-19(24(44)40(25)21(15)26(45)46)33-23(43)20(14-7-9-17(41)10-8-14)39(27(30)47)18-11-31-28(34-22(18)42)32-16-5-3-2-4-6-16;/h2-11,19-20,25,41H,12-13H2,1H3,(H2,30,47)(H,33,43)(H,45,46)(H2,31,32,34,42);/q;+1/p-1/t19?,20?,25-;/m1./s1. The molecule has 4 amide bonds. The zero-order valence-electron chi connectivity index (χ0n) is 26.3. The summed E-state index contributed by atoms with van der Waals surface area (Å²) in [6.45, 7) is 0. The number of nitrogens with two attached hydrogens (primary N) is 1. The number of hydrogen-bond donors (Lipinski definition) is 5. The Morgan fingerprint density at radius 2 is 1.88 bits per heavy atom. The molecular formula is C29H26N11NaO7S2. The van der Waals surface area contributed by atoms with Crippen LogP contribution in [0.1, 0.15) is 11.6 Å². The van der Waals surface area contributed by atoms with E-state index in [0.717, 1.165) is 16.0 Å². The van der Waals surface area contributed by atoms with Gasteiger partial charge in [0.2, 0.25) is 22.9 Å². The van der Waals surface area contributed by atoms with Crippen molar-refractivity contribution in [2.45, 2.75) is 22.6 Å². The molecule has 6 rings (SSSR count). The van der Waals surface area contributed by atoms with E-state index in [2.05, 4.69) is 36.1 Å². The number of hydrogen-bond acceptors (Lipinski definition) is 15. The molecule has 0 radical (unpaired) electrons. The number of aromatic nitrogens is 6. The van der Waals surface area contributed by atoms with E-state index in [1.807, 2.05) is 6.07 Å². The van der Waals surface area contributed by atoms with E-state index in [0.29, 0.717) is 16.4 Å². The fraction of sp³-hybridized carbons (Fsp3) is 0.207. The van der Waals surface area contributed by atoms with Crippen molar-refractivity contribution >= 4 is 64.7 Å². The number of anilines is 3. The molecule has 0 saturated carbocycles. The van der Waals surface area contributed by atoms with Crippen LogP contribution in [0, 0.1) is 0 Å². The van der Waals surface area contributed by atoms with Crippen LogP contribution in [0.5, 0.6) is 11.6 Å². The number of phenolic OH excluding ortho intramolecular Hbond substituents is 1. The molecule has 2 aromatic heterocycles. The summed E-state index contributed by atoms with van der Waals surface area (Å²) in [5.41, 5.74) is 6.31. The number of tetrazole rings is 1. The Labute approximate surface area is 313 Å². The van der Waals surface area contributed by atoms with Crippen molar-refractivity contribution in [1.82, 2.24) is 40.4 Å². The minimum Gasteiger partial charge on any atom is -0.543 e. The molecule has 0 bridgehead atoms. The smallest absolute Gasteiger partial charge is 0.543 e. The number of carbonyl (C=O) groups excluding carboxylic acids is 4. The number of urea groups is 1.